The van der Waals surface area contributed by atoms with Crippen molar-refractivity contribution in [1.29, 1.82) is 5.41 Å². The van der Waals surface area contributed by atoms with E-state index in [1.54, 1.807) is 0 Å². The van der Waals surface area contributed by atoms with Gasteiger partial charge in [-0.05, 0) is 37.9 Å². The molecule has 1 saturated heterocycles. The largest absolute Gasteiger partial charge is 0.363 e. The third-order valence-corrected chi connectivity index (χ3v) is 5.92. The van der Waals surface area contributed by atoms with Gasteiger partial charge in [-0.3, -0.25) is 20.0 Å². The fourth-order valence-electron chi connectivity index (χ4n) is 3.70. The molecular weight excluding hydrogens is 463 g/mol. The van der Waals surface area contributed by atoms with Crippen molar-refractivity contribution >= 4 is 40.7 Å². The summed E-state index contributed by atoms with van der Waals surface area (Å²) in [6.45, 7) is 4.40. The maximum absolute atomic E-state index is 13.9. The van der Waals surface area contributed by atoms with Crippen molar-refractivity contribution in [2.45, 2.75) is 25.7 Å². The molecule has 0 saturated carbocycles. The maximum atomic E-state index is 13.9. The van der Waals surface area contributed by atoms with Gasteiger partial charge in [0.2, 0.25) is 5.95 Å². The van der Waals surface area contributed by atoms with Gasteiger partial charge in [-0.1, -0.05) is 24.1 Å². The summed E-state index contributed by atoms with van der Waals surface area (Å²) in [5.41, 5.74) is 6.02. The molecule has 10 nitrogen and oxygen atoms in total. The molecule has 2 amide bonds. The van der Waals surface area contributed by atoms with Crippen LogP contribution in [0.15, 0.2) is 29.2 Å². The number of nitrogens with two attached hydrogens (primary N) is 1. The third kappa shape index (κ3) is 7.24. The van der Waals surface area contributed by atoms with Gasteiger partial charge in [0.05, 0.1) is 16.9 Å². The molecule has 1 aliphatic heterocycles. The van der Waals surface area contributed by atoms with E-state index in [2.05, 4.69) is 25.5 Å². The number of H-pyrrole nitrogens is 1. The van der Waals surface area contributed by atoms with Crippen molar-refractivity contribution in [1.82, 2.24) is 14.9 Å². The van der Waals surface area contributed by atoms with Gasteiger partial charge in [-0.25, -0.2) is 14.2 Å². The number of hydrogen-bond donors (Lipinski definition) is 5. The molecule has 3 rings (SSSR count). The summed E-state index contributed by atoms with van der Waals surface area (Å²) in [6, 6.07) is 3.49. The molecule has 0 unspecified atom stereocenters. The van der Waals surface area contributed by atoms with Gasteiger partial charge in [0.25, 0.3) is 5.56 Å². The van der Waals surface area contributed by atoms with Gasteiger partial charge < -0.3 is 21.4 Å². The number of carbonyl (C=O) groups excluding carboxylic acids is 1. The van der Waals surface area contributed by atoms with Gasteiger partial charge in [0, 0.05) is 38.4 Å². The van der Waals surface area contributed by atoms with Crippen molar-refractivity contribution in [3.8, 4) is 0 Å². The molecule has 0 radical (unpaired) electrons. The number of nitrogens with one attached hydrogen (secondary N) is 4. The van der Waals surface area contributed by atoms with Gasteiger partial charge >= 0.3 is 6.03 Å². The average Bonchev–Trinajstić information content (AvgIpc) is 2.82. The van der Waals surface area contributed by atoms with E-state index >= 15 is 0 Å². The van der Waals surface area contributed by atoms with E-state index in [0.717, 1.165) is 45.3 Å². The van der Waals surface area contributed by atoms with Crippen LogP contribution >= 0.6 is 11.6 Å². The molecule has 1 fully saturated rings. The average molecular weight is 493 g/mol. The number of hydrogen-bond acceptors (Lipinski definition) is 7. The van der Waals surface area contributed by atoms with E-state index in [9.17, 15) is 14.0 Å². The summed E-state index contributed by atoms with van der Waals surface area (Å²) in [4.78, 5) is 35.7. The summed E-state index contributed by atoms with van der Waals surface area (Å²) in [6.07, 6.45) is 5.32. The molecular formula is C22H30ClFN8O2. The zero-order valence-electron chi connectivity index (χ0n) is 18.9. The lowest BCUT2D eigenvalue weighted by molar-refractivity contribution is 0.252. The zero-order valence-corrected chi connectivity index (χ0v) is 19.6. The van der Waals surface area contributed by atoms with Gasteiger partial charge in [0.15, 0.2) is 5.82 Å². The smallest absolute Gasteiger partial charge is 0.326 e. The highest BCUT2D eigenvalue weighted by molar-refractivity contribution is 6.31. The van der Waals surface area contributed by atoms with Crippen LogP contribution in [0.2, 0.25) is 5.02 Å². The number of amides is 2. The fourth-order valence-corrected chi connectivity index (χ4v) is 3.88. The highest BCUT2D eigenvalue weighted by Gasteiger charge is 2.20. The molecule has 2 aromatic rings. The summed E-state index contributed by atoms with van der Waals surface area (Å²) < 4.78 is 13.9. The van der Waals surface area contributed by atoms with Crippen molar-refractivity contribution in [3.05, 3.63) is 45.6 Å². The second-order valence-corrected chi connectivity index (χ2v) is 8.48. The number of piperazine rings is 1. The highest BCUT2D eigenvalue weighted by atomic mass is 35.5. The van der Waals surface area contributed by atoms with Gasteiger partial charge in [-0.2, -0.15) is 0 Å². The van der Waals surface area contributed by atoms with Gasteiger partial charge in [-0.15, -0.1) is 0 Å². The van der Waals surface area contributed by atoms with Crippen LogP contribution in [0.25, 0.3) is 0 Å². The Hall–Kier alpha value is -3.02. The Balaban J connectivity index is 1.45. The minimum atomic E-state index is -0.759. The summed E-state index contributed by atoms with van der Waals surface area (Å²) >= 11 is 5.71. The van der Waals surface area contributed by atoms with Crippen LogP contribution in [0.4, 0.5) is 26.5 Å². The number of aromatic nitrogens is 2. The number of anilines is 3. The number of aromatic amines is 1. The number of halogens is 2. The molecule has 0 bridgehead atoms. The Kier molecular flexibility index (Phi) is 9.37. The minimum Gasteiger partial charge on any atom is -0.363 e. The second kappa shape index (κ2) is 12.4. The van der Waals surface area contributed by atoms with E-state index in [0.29, 0.717) is 31.0 Å². The Labute approximate surface area is 202 Å². The number of carbonyl (C=O) groups is 1. The molecule has 1 aromatic carbocycles. The molecule has 34 heavy (non-hydrogen) atoms. The van der Waals surface area contributed by atoms with Crippen molar-refractivity contribution in [2.24, 2.45) is 5.73 Å². The molecule has 0 spiro atoms. The Morgan fingerprint density at radius 1 is 1.21 bits per heavy atom. The second-order valence-electron chi connectivity index (χ2n) is 8.07. The number of rotatable bonds is 10. The molecule has 0 atom stereocenters. The Morgan fingerprint density at radius 3 is 2.68 bits per heavy atom. The summed E-state index contributed by atoms with van der Waals surface area (Å²) in [5.74, 6) is -0.794. The van der Waals surface area contributed by atoms with Crippen molar-refractivity contribution in [3.63, 3.8) is 0 Å². The lowest BCUT2D eigenvalue weighted by atomic mass is 10.1. The van der Waals surface area contributed by atoms with E-state index in [1.807, 2.05) is 4.90 Å². The van der Waals surface area contributed by atoms with E-state index in [4.69, 9.17) is 22.7 Å². The first-order chi connectivity index (χ1) is 16.4. The molecule has 184 valence electrons. The van der Waals surface area contributed by atoms with E-state index in [-0.39, 0.29) is 22.2 Å². The first-order valence-corrected chi connectivity index (χ1v) is 11.6. The normalized spacial score (nSPS) is 14.1. The van der Waals surface area contributed by atoms with Crippen LogP contribution < -0.4 is 26.8 Å². The molecule has 0 aliphatic carbocycles. The number of nitrogens with zero attached hydrogens (tertiary/aromatic N) is 3. The van der Waals surface area contributed by atoms with E-state index < -0.39 is 11.8 Å². The van der Waals surface area contributed by atoms with E-state index in [1.165, 1.54) is 24.4 Å². The standard InChI is InChI=1S/C22H30ClFN8O2/c23-16-6-4-7-17(19(16)24)28-22(34)30-21-27-14-18(20(33)29-21)32-11-9-31(10-12-32)8-3-1-2-5-15(26)13-25/h4,6-7,14,26H,1-3,5,8-13,25H2,(H3,27,28,29,30,33,34). The van der Waals surface area contributed by atoms with Crippen LogP contribution in [0, 0.1) is 11.2 Å². The molecule has 1 aromatic heterocycles. The first-order valence-electron chi connectivity index (χ1n) is 11.2. The topological polar surface area (TPSA) is 143 Å². The first kappa shape index (κ1) is 25.6. The minimum absolute atomic E-state index is 0.0463. The highest BCUT2D eigenvalue weighted by Crippen LogP contribution is 2.22. The third-order valence-electron chi connectivity index (χ3n) is 5.62. The van der Waals surface area contributed by atoms with Crippen LogP contribution in [0.1, 0.15) is 25.7 Å². The summed E-state index contributed by atoms with van der Waals surface area (Å²) in [7, 11) is 0. The summed E-state index contributed by atoms with van der Waals surface area (Å²) in [5, 5.41) is 12.2. The van der Waals surface area contributed by atoms with Crippen LogP contribution in [0.3, 0.4) is 0 Å². The number of benzene rings is 1. The van der Waals surface area contributed by atoms with Crippen LogP contribution in [0.5, 0.6) is 0 Å². The number of urea groups is 1. The Bertz CT molecular complexity index is 1060. The predicted octanol–water partition coefficient (Wildman–Crippen LogP) is 2.87. The predicted molar refractivity (Wildman–Crippen MR) is 133 cm³/mol. The van der Waals surface area contributed by atoms with Gasteiger partial charge in [0.1, 0.15) is 5.69 Å². The zero-order chi connectivity index (χ0) is 24.5. The van der Waals surface area contributed by atoms with Crippen molar-refractivity contribution < 1.29 is 9.18 Å². The monoisotopic (exact) mass is 492 g/mol. The molecule has 6 N–H and O–H groups in total. The molecule has 1 aliphatic rings. The Morgan fingerprint density at radius 2 is 1.97 bits per heavy atom. The SMILES string of the molecule is N=C(CN)CCCCCN1CCN(c2cnc(NC(=O)Nc3cccc(Cl)c3F)[nH]c2=O)CC1. The van der Waals surface area contributed by atoms with Crippen LogP contribution in [-0.4, -0.2) is 65.9 Å². The fraction of sp³-hybridized carbons (Fsp3) is 0.455. The molecule has 12 heteroatoms. The van der Waals surface area contributed by atoms with Crippen molar-refractivity contribution in [2.75, 3.05) is 54.8 Å². The van der Waals surface area contributed by atoms with Crippen LogP contribution in [-0.2, 0) is 0 Å². The lowest BCUT2D eigenvalue weighted by Gasteiger charge is -2.35. The molecule has 2 heterocycles. The maximum Gasteiger partial charge on any atom is 0.326 e. The number of unbranched alkanes of at least 4 members (excludes halogenated alkanes) is 2. The quantitative estimate of drug-likeness (QED) is 0.255. The lowest BCUT2D eigenvalue weighted by Crippen LogP contribution is -2.48.